The van der Waals surface area contributed by atoms with Gasteiger partial charge >= 0.3 is 0 Å². The highest BCUT2D eigenvalue weighted by Crippen LogP contribution is 2.33. The van der Waals surface area contributed by atoms with Gasteiger partial charge in [-0.05, 0) is 18.6 Å². The first-order valence-corrected chi connectivity index (χ1v) is 9.19. The Balaban J connectivity index is 1.56. The Morgan fingerprint density at radius 1 is 1.45 bits per heavy atom. The molecule has 1 amide bonds. The molecule has 2 aromatic heterocycles. The predicted octanol–water partition coefficient (Wildman–Crippen LogP) is 2.75. The highest BCUT2D eigenvalue weighted by Gasteiger charge is 2.37. The van der Waals surface area contributed by atoms with Gasteiger partial charge in [-0.1, -0.05) is 0 Å². The number of furan rings is 1. The summed E-state index contributed by atoms with van der Waals surface area (Å²) in [5.41, 5.74) is 0. The van der Waals surface area contributed by atoms with E-state index in [-0.39, 0.29) is 11.9 Å². The summed E-state index contributed by atoms with van der Waals surface area (Å²) < 4.78 is 10.9. The second kappa shape index (κ2) is 6.06. The highest BCUT2D eigenvalue weighted by molar-refractivity contribution is 8.00. The van der Waals surface area contributed by atoms with E-state index in [1.807, 2.05) is 28.8 Å². The molecule has 22 heavy (non-hydrogen) atoms. The molecule has 7 heteroatoms. The minimum Gasteiger partial charge on any atom is -0.462 e. The lowest BCUT2D eigenvalue weighted by Crippen LogP contribution is -2.54. The van der Waals surface area contributed by atoms with Crippen LogP contribution in [0.1, 0.15) is 16.1 Å². The minimum atomic E-state index is 0.0903. The standard InChI is InChI=1S/C15H16N2O3S2/c18-15(12-8-16-14(22-12)11-2-1-5-20-11)17-4-7-21-13-9-19-6-3-10(13)17/h1-2,5,8,10,13H,3-4,6-7,9H2/t10-,13+/m1/s1. The van der Waals surface area contributed by atoms with Crippen molar-refractivity contribution in [2.75, 3.05) is 25.5 Å². The first-order chi connectivity index (χ1) is 10.8. The summed E-state index contributed by atoms with van der Waals surface area (Å²) >= 11 is 3.32. The summed E-state index contributed by atoms with van der Waals surface area (Å²) in [7, 11) is 0. The molecule has 5 nitrogen and oxygen atoms in total. The zero-order valence-electron chi connectivity index (χ0n) is 11.9. The molecule has 0 radical (unpaired) electrons. The van der Waals surface area contributed by atoms with Gasteiger partial charge in [-0.25, -0.2) is 4.98 Å². The van der Waals surface area contributed by atoms with Gasteiger partial charge in [0.2, 0.25) is 0 Å². The van der Waals surface area contributed by atoms with Crippen molar-refractivity contribution in [2.24, 2.45) is 0 Å². The molecule has 2 aromatic rings. The van der Waals surface area contributed by atoms with Gasteiger partial charge in [0.15, 0.2) is 10.8 Å². The molecule has 2 aliphatic heterocycles. The molecule has 4 heterocycles. The molecular weight excluding hydrogens is 320 g/mol. The van der Waals surface area contributed by atoms with E-state index >= 15 is 0 Å². The molecular formula is C15H16N2O3S2. The predicted molar refractivity (Wildman–Crippen MR) is 86.3 cm³/mol. The van der Waals surface area contributed by atoms with Crippen LogP contribution < -0.4 is 0 Å². The van der Waals surface area contributed by atoms with E-state index in [0.29, 0.717) is 15.9 Å². The van der Waals surface area contributed by atoms with Crippen molar-refractivity contribution in [3.63, 3.8) is 0 Å². The van der Waals surface area contributed by atoms with E-state index in [9.17, 15) is 4.79 Å². The van der Waals surface area contributed by atoms with E-state index in [2.05, 4.69) is 4.98 Å². The number of aromatic nitrogens is 1. The Labute approximate surface area is 136 Å². The zero-order valence-corrected chi connectivity index (χ0v) is 13.6. The fraction of sp³-hybridized carbons (Fsp3) is 0.467. The van der Waals surface area contributed by atoms with Crippen molar-refractivity contribution < 1.29 is 13.9 Å². The average molecular weight is 336 g/mol. The number of amides is 1. The molecule has 4 rings (SSSR count). The van der Waals surface area contributed by atoms with E-state index in [0.717, 1.165) is 36.9 Å². The Hall–Kier alpha value is -1.31. The third kappa shape index (κ3) is 2.57. The summed E-state index contributed by atoms with van der Waals surface area (Å²) in [6.45, 7) is 2.30. The maximum absolute atomic E-state index is 12.9. The number of ether oxygens (including phenoxy) is 1. The number of carbonyl (C=O) groups excluding carboxylic acids is 1. The lowest BCUT2D eigenvalue weighted by molar-refractivity contribution is 0.0322. The molecule has 0 spiro atoms. The van der Waals surface area contributed by atoms with Crippen LogP contribution in [-0.2, 0) is 4.74 Å². The molecule has 2 aliphatic rings. The molecule has 2 fully saturated rings. The molecule has 0 bridgehead atoms. The summed E-state index contributed by atoms with van der Waals surface area (Å²) in [6, 6.07) is 3.97. The molecule has 2 atom stereocenters. The maximum Gasteiger partial charge on any atom is 0.265 e. The molecule has 0 aromatic carbocycles. The van der Waals surface area contributed by atoms with Gasteiger partial charge in [0.05, 0.1) is 19.1 Å². The number of hydrogen-bond donors (Lipinski definition) is 0. The largest absolute Gasteiger partial charge is 0.462 e. The van der Waals surface area contributed by atoms with Crippen molar-refractivity contribution in [3.05, 3.63) is 29.5 Å². The van der Waals surface area contributed by atoms with Crippen LogP contribution in [0.2, 0.25) is 0 Å². The minimum absolute atomic E-state index is 0.0903. The molecule has 0 saturated carbocycles. The Morgan fingerprint density at radius 2 is 2.41 bits per heavy atom. The number of nitrogens with zero attached hydrogens (tertiary/aromatic N) is 2. The zero-order chi connectivity index (χ0) is 14.9. The summed E-state index contributed by atoms with van der Waals surface area (Å²) in [4.78, 5) is 19.9. The summed E-state index contributed by atoms with van der Waals surface area (Å²) in [6.07, 6.45) is 4.21. The number of fused-ring (bicyclic) bond motifs is 1. The van der Waals surface area contributed by atoms with Crippen LogP contribution in [0, 0.1) is 0 Å². The van der Waals surface area contributed by atoms with Crippen LogP contribution in [0.25, 0.3) is 10.8 Å². The number of rotatable bonds is 2. The van der Waals surface area contributed by atoms with Gasteiger partial charge in [0, 0.05) is 30.2 Å². The van der Waals surface area contributed by atoms with Crippen molar-refractivity contribution >= 4 is 29.0 Å². The fourth-order valence-corrected chi connectivity index (χ4v) is 5.11. The molecule has 0 aliphatic carbocycles. The normalized spacial score (nSPS) is 25.0. The SMILES string of the molecule is O=C(c1cnc(-c2ccco2)s1)N1CCS[C@H]2COCC[C@H]21. The number of thiazole rings is 1. The fourth-order valence-electron chi connectivity index (χ4n) is 2.97. The Kier molecular flexibility index (Phi) is 3.94. The average Bonchev–Trinajstić information content (AvgIpc) is 3.24. The molecule has 2 saturated heterocycles. The van der Waals surface area contributed by atoms with E-state index in [1.54, 1.807) is 12.5 Å². The summed E-state index contributed by atoms with van der Waals surface area (Å²) in [5, 5.41) is 1.16. The van der Waals surface area contributed by atoms with Crippen molar-refractivity contribution in [3.8, 4) is 10.8 Å². The third-order valence-electron chi connectivity index (χ3n) is 4.04. The van der Waals surface area contributed by atoms with Gasteiger partial charge < -0.3 is 14.1 Å². The van der Waals surface area contributed by atoms with Crippen molar-refractivity contribution in [2.45, 2.75) is 17.7 Å². The number of carbonyl (C=O) groups is 1. The molecule has 116 valence electrons. The van der Waals surface area contributed by atoms with E-state index in [4.69, 9.17) is 9.15 Å². The van der Waals surface area contributed by atoms with E-state index < -0.39 is 0 Å². The van der Waals surface area contributed by atoms with Crippen LogP contribution in [0.3, 0.4) is 0 Å². The van der Waals surface area contributed by atoms with Crippen LogP contribution >= 0.6 is 23.1 Å². The van der Waals surface area contributed by atoms with Crippen molar-refractivity contribution in [1.82, 2.24) is 9.88 Å². The number of thioether (sulfide) groups is 1. The van der Waals surface area contributed by atoms with Crippen LogP contribution in [-0.4, -0.2) is 52.6 Å². The Morgan fingerprint density at radius 3 is 3.27 bits per heavy atom. The van der Waals surface area contributed by atoms with Gasteiger partial charge in [-0.3, -0.25) is 4.79 Å². The van der Waals surface area contributed by atoms with Gasteiger partial charge in [0.25, 0.3) is 5.91 Å². The van der Waals surface area contributed by atoms with Gasteiger partial charge in [0.1, 0.15) is 4.88 Å². The second-order valence-corrected chi connectivity index (χ2v) is 7.72. The second-order valence-electron chi connectivity index (χ2n) is 5.35. The van der Waals surface area contributed by atoms with Crippen LogP contribution in [0.15, 0.2) is 29.0 Å². The third-order valence-corrected chi connectivity index (χ3v) is 6.34. The van der Waals surface area contributed by atoms with E-state index in [1.165, 1.54) is 11.3 Å². The van der Waals surface area contributed by atoms with Crippen LogP contribution in [0.4, 0.5) is 0 Å². The lowest BCUT2D eigenvalue weighted by atomic mass is 10.1. The number of hydrogen-bond acceptors (Lipinski definition) is 6. The first-order valence-electron chi connectivity index (χ1n) is 7.33. The molecule has 0 unspecified atom stereocenters. The lowest BCUT2D eigenvalue weighted by Gasteiger charge is -2.43. The monoisotopic (exact) mass is 336 g/mol. The smallest absolute Gasteiger partial charge is 0.265 e. The van der Waals surface area contributed by atoms with Gasteiger partial charge in [-0.2, -0.15) is 11.8 Å². The van der Waals surface area contributed by atoms with Crippen LogP contribution in [0.5, 0.6) is 0 Å². The van der Waals surface area contributed by atoms with Gasteiger partial charge in [-0.15, -0.1) is 11.3 Å². The maximum atomic E-state index is 12.9. The topological polar surface area (TPSA) is 55.6 Å². The molecule has 0 N–H and O–H groups in total. The highest BCUT2D eigenvalue weighted by atomic mass is 32.2. The van der Waals surface area contributed by atoms with Crippen molar-refractivity contribution in [1.29, 1.82) is 0 Å². The quantitative estimate of drug-likeness (QED) is 0.844. The Bertz CT molecular complexity index is 654. The summed E-state index contributed by atoms with van der Waals surface area (Å²) in [5.74, 6) is 1.77. The first kappa shape index (κ1) is 14.3.